The molecule has 2 saturated heterocycles. The Morgan fingerprint density at radius 3 is 2.08 bits per heavy atom. The average Bonchev–Trinajstić information content (AvgIpc) is 2.75. The monoisotopic (exact) mass is 366 g/mol. The van der Waals surface area contributed by atoms with Crippen LogP contribution in [0.3, 0.4) is 0 Å². The van der Waals surface area contributed by atoms with Gasteiger partial charge in [0.25, 0.3) is 0 Å². The van der Waals surface area contributed by atoms with E-state index in [1.54, 1.807) is 0 Å². The first kappa shape index (κ1) is 18.7. The predicted octanol–water partition coefficient (Wildman–Crippen LogP) is 1.07. The van der Waals surface area contributed by atoms with E-state index in [0.717, 1.165) is 11.2 Å². The van der Waals surface area contributed by atoms with Crippen LogP contribution >= 0.6 is 0 Å². The Labute approximate surface area is 151 Å². The van der Waals surface area contributed by atoms with Crippen molar-refractivity contribution in [3.05, 3.63) is 24.3 Å². The summed E-state index contributed by atoms with van der Waals surface area (Å²) in [6, 6.07) is 8.14. The van der Waals surface area contributed by atoms with Crippen LogP contribution in [-0.4, -0.2) is 63.5 Å². The third-order valence-electron chi connectivity index (χ3n) is 5.47. The van der Waals surface area contributed by atoms with E-state index in [1.807, 2.05) is 45.9 Å². The lowest BCUT2D eigenvalue weighted by atomic mass is 9.79. The third-order valence-corrected chi connectivity index (χ3v) is 6.77. The molecule has 6 nitrogen and oxygen atoms in total. The van der Waals surface area contributed by atoms with E-state index < -0.39 is 10.0 Å². The van der Waals surface area contributed by atoms with Gasteiger partial charge >= 0.3 is 7.12 Å². The quantitative estimate of drug-likeness (QED) is 0.749. The van der Waals surface area contributed by atoms with E-state index >= 15 is 0 Å². The van der Waals surface area contributed by atoms with Crippen molar-refractivity contribution in [2.24, 2.45) is 0 Å². The van der Waals surface area contributed by atoms with Gasteiger partial charge in [-0.05, 0) is 45.3 Å². The van der Waals surface area contributed by atoms with Gasteiger partial charge in [-0.15, -0.1) is 0 Å². The fraction of sp³-hybridized carbons (Fsp3) is 0.647. The zero-order valence-electron chi connectivity index (χ0n) is 15.7. The van der Waals surface area contributed by atoms with Crippen molar-refractivity contribution in [1.82, 2.24) is 4.31 Å². The van der Waals surface area contributed by atoms with Gasteiger partial charge in [-0.3, -0.25) is 0 Å². The van der Waals surface area contributed by atoms with Crippen molar-refractivity contribution in [2.75, 3.05) is 37.3 Å². The molecule has 1 aromatic carbocycles. The fourth-order valence-corrected chi connectivity index (χ4v) is 3.95. The standard InChI is InChI=1S/C17H27BN2O4S/c1-16(2)17(3,4)24-18(23-16)14-7-6-8-15(13-14)19-9-11-20(12-10-19)25(5,21)22/h6-8,13H,9-12H2,1-5H3. The lowest BCUT2D eigenvalue weighted by molar-refractivity contribution is 0.00578. The van der Waals surface area contributed by atoms with Crippen LogP contribution in [0.4, 0.5) is 5.69 Å². The SMILES string of the molecule is CC1(C)OB(c2cccc(N3CCN(S(C)(=O)=O)CC3)c2)OC1(C)C. The van der Waals surface area contributed by atoms with Gasteiger partial charge in [0.15, 0.2) is 0 Å². The van der Waals surface area contributed by atoms with Gasteiger partial charge in [-0.2, -0.15) is 4.31 Å². The highest BCUT2D eigenvalue weighted by Crippen LogP contribution is 2.36. The summed E-state index contributed by atoms with van der Waals surface area (Å²) in [5.41, 5.74) is 1.32. The number of benzene rings is 1. The maximum absolute atomic E-state index is 11.7. The molecule has 2 heterocycles. The largest absolute Gasteiger partial charge is 0.494 e. The van der Waals surface area contributed by atoms with Crippen LogP contribution in [0.5, 0.6) is 0 Å². The second-order valence-corrected chi connectivity index (χ2v) is 9.81. The first-order valence-electron chi connectivity index (χ1n) is 8.65. The maximum atomic E-state index is 11.7. The van der Waals surface area contributed by atoms with Crippen molar-refractivity contribution in [2.45, 2.75) is 38.9 Å². The molecule has 0 aromatic heterocycles. The molecule has 8 heteroatoms. The molecule has 3 rings (SSSR count). The molecular formula is C17H27BN2O4S. The van der Waals surface area contributed by atoms with Crippen LogP contribution in [0, 0.1) is 0 Å². The molecule has 0 radical (unpaired) electrons. The molecule has 2 aliphatic heterocycles. The van der Waals surface area contributed by atoms with Gasteiger partial charge in [0.05, 0.1) is 17.5 Å². The van der Waals surface area contributed by atoms with Gasteiger partial charge in [0.1, 0.15) is 0 Å². The summed E-state index contributed by atoms with van der Waals surface area (Å²) >= 11 is 0. The Morgan fingerprint density at radius 2 is 1.56 bits per heavy atom. The van der Waals surface area contributed by atoms with Gasteiger partial charge in [-0.1, -0.05) is 12.1 Å². The van der Waals surface area contributed by atoms with Crippen molar-refractivity contribution in [3.8, 4) is 0 Å². The maximum Gasteiger partial charge on any atom is 0.494 e. The molecule has 0 amide bonds. The van der Waals surface area contributed by atoms with Crippen LogP contribution in [-0.2, 0) is 19.3 Å². The Morgan fingerprint density at radius 1 is 1.00 bits per heavy atom. The number of nitrogens with zero attached hydrogens (tertiary/aromatic N) is 2. The number of hydrogen-bond donors (Lipinski definition) is 0. The first-order valence-corrected chi connectivity index (χ1v) is 10.5. The van der Waals surface area contributed by atoms with E-state index in [0.29, 0.717) is 26.2 Å². The lowest BCUT2D eigenvalue weighted by Crippen LogP contribution is -2.48. The molecule has 0 bridgehead atoms. The minimum atomic E-state index is -3.11. The molecule has 0 unspecified atom stereocenters. The summed E-state index contributed by atoms with van der Waals surface area (Å²) in [4.78, 5) is 2.20. The van der Waals surface area contributed by atoms with Crippen LogP contribution in [0.2, 0.25) is 0 Å². The highest BCUT2D eigenvalue weighted by Gasteiger charge is 2.51. The van der Waals surface area contributed by atoms with E-state index in [2.05, 4.69) is 11.0 Å². The molecular weight excluding hydrogens is 339 g/mol. The molecule has 1 aromatic rings. The molecule has 0 saturated carbocycles. The number of anilines is 1. The second kappa shape index (κ2) is 6.26. The van der Waals surface area contributed by atoms with Crippen LogP contribution < -0.4 is 10.4 Å². The number of sulfonamides is 1. The molecule has 2 aliphatic rings. The van der Waals surface area contributed by atoms with Crippen LogP contribution in [0.25, 0.3) is 0 Å². The normalized spacial score (nSPS) is 23.9. The second-order valence-electron chi connectivity index (χ2n) is 7.83. The van der Waals surface area contributed by atoms with Gasteiger partial charge in [0, 0.05) is 31.9 Å². The average molecular weight is 366 g/mol. The highest BCUT2D eigenvalue weighted by atomic mass is 32.2. The predicted molar refractivity (Wildman–Crippen MR) is 101 cm³/mol. The van der Waals surface area contributed by atoms with Crippen molar-refractivity contribution < 1.29 is 17.7 Å². The summed E-state index contributed by atoms with van der Waals surface area (Å²) in [6.07, 6.45) is 1.27. The van der Waals surface area contributed by atoms with E-state index in [-0.39, 0.29) is 18.3 Å². The minimum Gasteiger partial charge on any atom is -0.399 e. The van der Waals surface area contributed by atoms with Gasteiger partial charge < -0.3 is 14.2 Å². The summed E-state index contributed by atoms with van der Waals surface area (Å²) in [7, 11) is -3.50. The molecule has 25 heavy (non-hydrogen) atoms. The Balaban J connectivity index is 1.73. The van der Waals surface area contributed by atoms with E-state index in [9.17, 15) is 8.42 Å². The summed E-state index contributed by atoms with van der Waals surface area (Å²) in [6.45, 7) is 10.6. The summed E-state index contributed by atoms with van der Waals surface area (Å²) in [5.74, 6) is 0. The van der Waals surface area contributed by atoms with E-state index in [1.165, 1.54) is 10.6 Å². The topological polar surface area (TPSA) is 59.1 Å². The van der Waals surface area contributed by atoms with E-state index in [4.69, 9.17) is 9.31 Å². The Kier molecular flexibility index (Phi) is 4.69. The molecule has 0 aliphatic carbocycles. The minimum absolute atomic E-state index is 0.366. The Bertz CT molecular complexity index is 727. The first-order chi connectivity index (χ1) is 11.5. The molecule has 0 spiro atoms. The third kappa shape index (κ3) is 3.72. The lowest BCUT2D eigenvalue weighted by Gasteiger charge is -2.35. The molecule has 2 fully saturated rings. The molecule has 138 valence electrons. The summed E-state index contributed by atoms with van der Waals surface area (Å²) < 4.78 is 37.1. The van der Waals surface area contributed by atoms with Gasteiger partial charge in [0.2, 0.25) is 10.0 Å². The Hall–Kier alpha value is -1.09. The molecule has 0 atom stereocenters. The van der Waals surface area contributed by atoms with Crippen LogP contribution in [0.15, 0.2) is 24.3 Å². The molecule has 0 N–H and O–H groups in total. The zero-order valence-corrected chi connectivity index (χ0v) is 16.5. The van der Waals surface area contributed by atoms with Gasteiger partial charge in [-0.25, -0.2) is 8.42 Å². The number of rotatable bonds is 3. The fourth-order valence-electron chi connectivity index (χ4n) is 3.13. The smallest absolute Gasteiger partial charge is 0.399 e. The zero-order chi connectivity index (χ0) is 18.5. The van der Waals surface area contributed by atoms with Crippen molar-refractivity contribution >= 4 is 28.3 Å². The van der Waals surface area contributed by atoms with Crippen molar-refractivity contribution in [3.63, 3.8) is 0 Å². The highest BCUT2D eigenvalue weighted by molar-refractivity contribution is 7.88. The number of hydrogen-bond acceptors (Lipinski definition) is 5. The summed E-state index contributed by atoms with van der Waals surface area (Å²) in [5, 5.41) is 0. The van der Waals surface area contributed by atoms with Crippen LogP contribution in [0.1, 0.15) is 27.7 Å². The van der Waals surface area contributed by atoms with Crippen molar-refractivity contribution in [1.29, 1.82) is 0 Å². The number of piperazine rings is 1.